The Hall–Kier alpha value is 0.130. The van der Waals surface area contributed by atoms with E-state index >= 15 is 0 Å². The van der Waals surface area contributed by atoms with E-state index in [1.54, 1.807) is 24.3 Å². The van der Waals surface area contributed by atoms with Crippen LogP contribution < -0.4 is 4.72 Å². The molecule has 0 bridgehead atoms. The summed E-state index contributed by atoms with van der Waals surface area (Å²) in [6.07, 6.45) is 0. The Balaban J connectivity index is 0.00000144. The van der Waals surface area contributed by atoms with Crippen LogP contribution in [0.15, 0.2) is 29.2 Å². The molecule has 0 heterocycles. The third-order valence-corrected chi connectivity index (χ3v) is 3.03. The van der Waals surface area contributed by atoms with Crippen molar-refractivity contribution in [2.75, 3.05) is 7.05 Å². The van der Waals surface area contributed by atoms with Gasteiger partial charge in [-0.25, -0.2) is 13.1 Å². The van der Waals surface area contributed by atoms with Crippen molar-refractivity contribution in [3.63, 3.8) is 0 Å². The van der Waals surface area contributed by atoms with Gasteiger partial charge < -0.3 is 0 Å². The number of rotatable bonds is 2. The van der Waals surface area contributed by atoms with Gasteiger partial charge in [-0.05, 0) is 26.1 Å². The molecule has 1 aromatic rings. The molecule has 0 unspecified atom stereocenters. The van der Waals surface area contributed by atoms with Gasteiger partial charge in [-0.2, -0.15) is 0 Å². The number of benzene rings is 1. The maximum absolute atomic E-state index is 11.2. The Morgan fingerprint density at radius 1 is 1.15 bits per heavy atom. The molecule has 1 N–H and O–H groups in total. The molecule has 1 radical (unpaired) electrons. The molecular weight excluding hydrogens is 197 g/mol. The van der Waals surface area contributed by atoms with E-state index in [9.17, 15) is 8.42 Å². The third-order valence-electron chi connectivity index (χ3n) is 1.60. The second-order valence-electron chi connectivity index (χ2n) is 2.52. The van der Waals surface area contributed by atoms with Gasteiger partial charge in [-0.1, -0.05) is 17.7 Å². The van der Waals surface area contributed by atoms with Crippen LogP contribution in [0, 0.1) is 6.92 Å². The summed E-state index contributed by atoms with van der Waals surface area (Å²) in [5.74, 6) is 0. The van der Waals surface area contributed by atoms with Crippen LogP contribution in [0.5, 0.6) is 0 Å². The van der Waals surface area contributed by atoms with Crippen LogP contribution >= 0.6 is 0 Å². The standard InChI is InChI=1S/C8H11NO2S.Na/c1-7-3-5-8(6-4-7)12(10,11)9-2;/h3-6,9H,1-2H3;. The summed E-state index contributed by atoms with van der Waals surface area (Å²) in [5.41, 5.74) is 1.05. The SMILES string of the molecule is CNS(=O)(=O)c1ccc(C)cc1.[Na]. The predicted octanol–water partition coefficient (Wildman–Crippen LogP) is 0.522. The molecule has 0 aliphatic carbocycles. The van der Waals surface area contributed by atoms with Crippen LogP contribution in [0.4, 0.5) is 0 Å². The monoisotopic (exact) mass is 208 g/mol. The van der Waals surface area contributed by atoms with Gasteiger partial charge >= 0.3 is 0 Å². The van der Waals surface area contributed by atoms with Gasteiger partial charge in [0.2, 0.25) is 10.0 Å². The van der Waals surface area contributed by atoms with E-state index in [0.29, 0.717) is 4.90 Å². The number of hydrogen-bond donors (Lipinski definition) is 1. The molecular formula is C8H11NNaO2S. The van der Waals surface area contributed by atoms with E-state index < -0.39 is 10.0 Å². The molecule has 13 heavy (non-hydrogen) atoms. The van der Waals surface area contributed by atoms with Crippen LogP contribution in [-0.4, -0.2) is 45.0 Å². The molecule has 5 heteroatoms. The summed E-state index contributed by atoms with van der Waals surface area (Å²) in [7, 11) is -1.87. The Labute approximate surface area is 101 Å². The Morgan fingerprint density at radius 3 is 2.00 bits per heavy atom. The van der Waals surface area contributed by atoms with E-state index in [-0.39, 0.29) is 29.6 Å². The van der Waals surface area contributed by atoms with Crippen molar-refractivity contribution in [1.29, 1.82) is 0 Å². The van der Waals surface area contributed by atoms with Crippen LogP contribution in [0.3, 0.4) is 0 Å². The Bertz CT molecular complexity index is 358. The van der Waals surface area contributed by atoms with Crippen molar-refractivity contribution < 1.29 is 8.42 Å². The van der Waals surface area contributed by atoms with E-state index in [2.05, 4.69) is 4.72 Å². The van der Waals surface area contributed by atoms with Crippen LogP contribution in [-0.2, 0) is 10.0 Å². The fraction of sp³-hybridized carbons (Fsp3) is 0.250. The van der Waals surface area contributed by atoms with Crippen LogP contribution in [0.25, 0.3) is 0 Å². The Morgan fingerprint density at radius 2 is 1.62 bits per heavy atom. The summed E-state index contributed by atoms with van der Waals surface area (Å²) < 4.78 is 24.7. The van der Waals surface area contributed by atoms with E-state index in [4.69, 9.17) is 0 Å². The van der Waals surface area contributed by atoms with Crippen molar-refractivity contribution in [2.24, 2.45) is 0 Å². The quantitative estimate of drug-likeness (QED) is 0.720. The first-order valence-electron chi connectivity index (χ1n) is 3.56. The van der Waals surface area contributed by atoms with Gasteiger partial charge in [0.05, 0.1) is 4.90 Å². The molecule has 0 aromatic heterocycles. The zero-order chi connectivity index (χ0) is 9.19. The minimum atomic E-state index is -3.26. The maximum Gasteiger partial charge on any atom is 0.240 e. The first-order valence-corrected chi connectivity index (χ1v) is 5.05. The molecule has 0 spiro atoms. The molecule has 1 rings (SSSR count). The molecule has 0 fully saturated rings. The first kappa shape index (κ1) is 13.1. The van der Waals surface area contributed by atoms with Gasteiger partial charge in [0, 0.05) is 29.6 Å². The zero-order valence-corrected chi connectivity index (χ0v) is 10.9. The summed E-state index contributed by atoms with van der Waals surface area (Å²) in [6, 6.07) is 6.71. The van der Waals surface area contributed by atoms with Gasteiger partial charge in [0.15, 0.2) is 0 Å². The molecule has 0 aliphatic rings. The van der Waals surface area contributed by atoms with Gasteiger partial charge in [-0.3, -0.25) is 0 Å². The normalized spacial score (nSPS) is 10.6. The topological polar surface area (TPSA) is 46.2 Å². The maximum atomic E-state index is 11.2. The molecule has 67 valence electrons. The second kappa shape index (κ2) is 5.12. The fourth-order valence-electron chi connectivity index (χ4n) is 0.835. The van der Waals surface area contributed by atoms with E-state index in [0.717, 1.165) is 5.56 Å². The van der Waals surface area contributed by atoms with Gasteiger partial charge in [0.1, 0.15) is 0 Å². The molecule has 1 aromatic carbocycles. The smallest absolute Gasteiger partial charge is 0.214 e. The van der Waals surface area contributed by atoms with Crippen LogP contribution in [0.1, 0.15) is 5.56 Å². The largest absolute Gasteiger partial charge is 0.240 e. The summed E-state index contributed by atoms with van der Waals surface area (Å²) >= 11 is 0. The van der Waals surface area contributed by atoms with Crippen molar-refractivity contribution in [3.05, 3.63) is 29.8 Å². The van der Waals surface area contributed by atoms with Crippen LogP contribution in [0.2, 0.25) is 0 Å². The molecule has 3 nitrogen and oxygen atoms in total. The minimum Gasteiger partial charge on any atom is -0.214 e. The third kappa shape index (κ3) is 3.40. The molecule has 0 amide bonds. The number of hydrogen-bond acceptors (Lipinski definition) is 2. The number of aryl methyl sites for hydroxylation is 1. The van der Waals surface area contributed by atoms with Gasteiger partial charge in [-0.15, -0.1) is 0 Å². The second-order valence-corrected chi connectivity index (χ2v) is 4.41. The van der Waals surface area contributed by atoms with Crippen molar-refractivity contribution in [2.45, 2.75) is 11.8 Å². The average Bonchev–Trinajstić information content (AvgIpc) is 2.05. The minimum absolute atomic E-state index is 0. The van der Waals surface area contributed by atoms with Crippen molar-refractivity contribution in [1.82, 2.24) is 4.72 Å². The van der Waals surface area contributed by atoms with Crippen molar-refractivity contribution in [3.8, 4) is 0 Å². The number of sulfonamides is 1. The molecule has 0 aliphatic heterocycles. The average molecular weight is 208 g/mol. The fourth-order valence-corrected chi connectivity index (χ4v) is 1.57. The van der Waals surface area contributed by atoms with Gasteiger partial charge in [0.25, 0.3) is 0 Å². The predicted molar refractivity (Wildman–Crippen MR) is 53.2 cm³/mol. The summed E-state index contributed by atoms with van der Waals surface area (Å²) in [5, 5.41) is 0. The Kier molecular flexibility index (Phi) is 5.17. The molecule has 0 saturated carbocycles. The molecule has 0 saturated heterocycles. The van der Waals surface area contributed by atoms with E-state index in [1.807, 2.05) is 6.92 Å². The summed E-state index contributed by atoms with van der Waals surface area (Å²) in [6.45, 7) is 1.91. The van der Waals surface area contributed by atoms with Crippen molar-refractivity contribution >= 4 is 39.6 Å². The summed E-state index contributed by atoms with van der Waals surface area (Å²) in [4.78, 5) is 0.301. The first-order chi connectivity index (χ1) is 5.56. The molecule has 0 atom stereocenters. The zero-order valence-electron chi connectivity index (χ0n) is 8.03. The van der Waals surface area contributed by atoms with E-state index in [1.165, 1.54) is 7.05 Å². The number of nitrogens with one attached hydrogen (secondary N) is 1.